The first-order chi connectivity index (χ1) is 7.69. The summed E-state index contributed by atoms with van der Waals surface area (Å²) in [6.45, 7) is 2.06. The monoisotopic (exact) mass is 343 g/mol. The van der Waals surface area contributed by atoms with E-state index in [0.717, 1.165) is 27.6 Å². The number of hydrogen-bond donors (Lipinski definition) is 0. The van der Waals surface area contributed by atoms with Crippen LogP contribution in [-0.2, 0) is 6.42 Å². The van der Waals surface area contributed by atoms with E-state index in [1.807, 2.05) is 12.3 Å². The molecule has 0 saturated carbocycles. The highest BCUT2D eigenvalue weighted by molar-refractivity contribution is 9.10. The van der Waals surface area contributed by atoms with Crippen molar-refractivity contribution in [2.24, 2.45) is 0 Å². The molecule has 0 bridgehead atoms. The van der Waals surface area contributed by atoms with Crippen molar-refractivity contribution in [2.75, 3.05) is 5.33 Å². The molecule has 0 radical (unpaired) electrons. The Morgan fingerprint density at radius 3 is 2.81 bits per heavy atom. The van der Waals surface area contributed by atoms with Crippen LogP contribution >= 0.6 is 31.9 Å². The molecular weight excluding hydrogens is 334 g/mol. The minimum absolute atomic E-state index is 0.896. The maximum Gasteiger partial charge on any atom is 0.0840 e. The molecule has 0 saturated heterocycles. The zero-order chi connectivity index (χ0) is 11.5. The lowest BCUT2D eigenvalue weighted by molar-refractivity contribution is 0.797. The Labute approximate surface area is 111 Å². The Hall–Kier alpha value is -0.680. The summed E-state index contributed by atoms with van der Waals surface area (Å²) in [6, 6.07) is 6.18. The maximum atomic E-state index is 4.11. The molecule has 0 amide bonds. The average molecular weight is 345 g/mol. The van der Waals surface area contributed by atoms with Crippen molar-refractivity contribution in [2.45, 2.75) is 13.3 Å². The second-order valence-corrected chi connectivity index (χ2v) is 5.29. The van der Waals surface area contributed by atoms with Crippen LogP contribution in [0.2, 0.25) is 0 Å². The van der Waals surface area contributed by atoms with Crippen molar-refractivity contribution in [1.82, 2.24) is 15.0 Å². The predicted molar refractivity (Wildman–Crippen MR) is 71.3 cm³/mol. The van der Waals surface area contributed by atoms with Crippen molar-refractivity contribution in [3.05, 3.63) is 40.1 Å². The van der Waals surface area contributed by atoms with E-state index in [9.17, 15) is 0 Å². The molecule has 16 heavy (non-hydrogen) atoms. The van der Waals surface area contributed by atoms with Gasteiger partial charge in [0, 0.05) is 16.2 Å². The molecule has 0 fully saturated rings. The third-order valence-electron chi connectivity index (χ3n) is 2.18. The Morgan fingerprint density at radius 1 is 1.31 bits per heavy atom. The van der Waals surface area contributed by atoms with E-state index in [0.29, 0.717) is 0 Å². The van der Waals surface area contributed by atoms with E-state index in [1.54, 1.807) is 4.68 Å². The molecule has 0 aliphatic carbocycles. The van der Waals surface area contributed by atoms with Crippen LogP contribution < -0.4 is 0 Å². The van der Waals surface area contributed by atoms with Gasteiger partial charge in [-0.2, -0.15) is 0 Å². The number of halogens is 2. The summed E-state index contributed by atoms with van der Waals surface area (Å²) in [7, 11) is 0. The van der Waals surface area contributed by atoms with Gasteiger partial charge in [-0.05, 0) is 30.7 Å². The third kappa shape index (κ3) is 2.71. The van der Waals surface area contributed by atoms with Crippen molar-refractivity contribution in [3.63, 3.8) is 0 Å². The van der Waals surface area contributed by atoms with E-state index in [-0.39, 0.29) is 0 Å². The van der Waals surface area contributed by atoms with Gasteiger partial charge < -0.3 is 0 Å². The largest absolute Gasteiger partial charge is 0.220 e. The van der Waals surface area contributed by atoms with E-state index >= 15 is 0 Å². The standard InChI is InChI=1S/C11H11Br2N3/c1-8-4-9(13)6-11(5-8)16-7-10(2-3-12)14-15-16/h4-7H,2-3H2,1H3. The number of alkyl halides is 1. The van der Waals surface area contributed by atoms with Crippen LogP contribution in [0.5, 0.6) is 0 Å². The van der Waals surface area contributed by atoms with Gasteiger partial charge in [0.2, 0.25) is 0 Å². The molecule has 0 N–H and O–H groups in total. The number of aromatic nitrogens is 3. The van der Waals surface area contributed by atoms with Crippen molar-refractivity contribution >= 4 is 31.9 Å². The Morgan fingerprint density at radius 2 is 2.12 bits per heavy atom. The molecular formula is C11H11Br2N3. The number of benzene rings is 1. The van der Waals surface area contributed by atoms with Crippen LogP contribution in [0.15, 0.2) is 28.9 Å². The second kappa shape index (κ2) is 5.10. The summed E-state index contributed by atoms with van der Waals surface area (Å²) < 4.78 is 2.86. The zero-order valence-corrected chi connectivity index (χ0v) is 12.0. The molecule has 0 aliphatic rings. The van der Waals surface area contributed by atoms with E-state index in [1.165, 1.54) is 5.56 Å². The van der Waals surface area contributed by atoms with Gasteiger partial charge in [0.1, 0.15) is 0 Å². The van der Waals surface area contributed by atoms with Crippen molar-refractivity contribution in [3.8, 4) is 5.69 Å². The Balaban J connectivity index is 2.34. The van der Waals surface area contributed by atoms with Gasteiger partial charge in [0.25, 0.3) is 0 Å². The third-order valence-corrected chi connectivity index (χ3v) is 3.04. The summed E-state index contributed by atoms with van der Waals surface area (Å²) in [4.78, 5) is 0. The normalized spacial score (nSPS) is 10.7. The lowest BCUT2D eigenvalue weighted by Gasteiger charge is -2.02. The summed E-state index contributed by atoms with van der Waals surface area (Å²) in [5.74, 6) is 0. The molecule has 2 rings (SSSR count). The lowest BCUT2D eigenvalue weighted by Crippen LogP contribution is -1.95. The zero-order valence-electron chi connectivity index (χ0n) is 8.82. The van der Waals surface area contributed by atoms with Gasteiger partial charge in [-0.25, -0.2) is 4.68 Å². The first kappa shape index (κ1) is 11.8. The van der Waals surface area contributed by atoms with E-state index in [2.05, 4.69) is 61.2 Å². The molecule has 3 nitrogen and oxygen atoms in total. The molecule has 1 heterocycles. The van der Waals surface area contributed by atoms with Gasteiger partial charge in [0.05, 0.1) is 17.6 Å². The summed E-state index contributed by atoms with van der Waals surface area (Å²) in [5, 5.41) is 9.13. The highest BCUT2D eigenvalue weighted by Crippen LogP contribution is 2.18. The molecule has 1 aromatic carbocycles. The fourth-order valence-corrected chi connectivity index (χ4v) is 2.49. The fourth-order valence-electron chi connectivity index (χ4n) is 1.49. The van der Waals surface area contributed by atoms with Crippen LogP contribution in [0.4, 0.5) is 0 Å². The molecule has 1 aromatic heterocycles. The highest BCUT2D eigenvalue weighted by atomic mass is 79.9. The quantitative estimate of drug-likeness (QED) is 0.800. The predicted octanol–water partition coefficient (Wildman–Crippen LogP) is 3.28. The van der Waals surface area contributed by atoms with E-state index in [4.69, 9.17) is 0 Å². The molecule has 84 valence electrons. The van der Waals surface area contributed by atoms with Crippen LogP contribution in [0, 0.1) is 6.92 Å². The topological polar surface area (TPSA) is 30.7 Å². The second-order valence-electron chi connectivity index (χ2n) is 3.58. The van der Waals surface area contributed by atoms with Crippen molar-refractivity contribution < 1.29 is 0 Å². The number of rotatable bonds is 3. The lowest BCUT2D eigenvalue weighted by atomic mass is 10.2. The summed E-state index contributed by atoms with van der Waals surface area (Å²) >= 11 is 6.87. The fraction of sp³-hybridized carbons (Fsp3) is 0.273. The van der Waals surface area contributed by atoms with Gasteiger partial charge in [-0.3, -0.25) is 0 Å². The van der Waals surface area contributed by atoms with Gasteiger partial charge in [-0.1, -0.05) is 37.1 Å². The first-order valence-electron chi connectivity index (χ1n) is 4.94. The molecule has 2 aromatic rings. The molecule has 0 unspecified atom stereocenters. The number of hydrogen-bond acceptors (Lipinski definition) is 2. The minimum atomic E-state index is 0.896. The van der Waals surface area contributed by atoms with Crippen LogP contribution in [0.1, 0.15) is 11.3 Å². The van der Waals surface area contributed by atoms with Crippen LogP contribution in [0.3, 0.4) is 0 Å². The summed E-state index contributed by atoms with van der Waals surface area (Å²) in [6.07, 6.45) is 2.86. The minimum Gasteiger partial charge on any atom is -0.220 e. The first-order valence-corrected chi connectivity index (χ1v) is 6.85. The maximum absolute atomic E-state index is 4.11. The smallest absolute Gasteiger partial charge is 0.0840 e. The highest BCUT2D eigenvalue weighted by Gasteiger charge is 2.03. The number of nitrogens with zero attached hydrogens (tertiary/aromatic N) is 3. The Kier molecular flexibility index (Phi) is 3.76. The van der Waals surface area contributed by atoms with E-state index < -0.39 is 0 Å². The molecule has 0 spiro atoms. The van der Waals surface area contributed by atoms with Gasteiger partial charge in [0.15, 0.2) is 0 Å². The molecule has 0 aliphatic heterocycles. The SMILES string of the molecule is Cc1cc(Br)cc(-n2cc(CCBr)nn2)c1. The van der Waals surface area contributed by atoms with Gasteiger partial charge in [-0.15, -0.1) is 5.10 Å². The molecule has 0 atom stereocenters. The average Bonchev–Trinajstić information content (AvgIpc) is 2.65. The van der Waals surface area contributed by atoms with Crippen LogP contribution in [0.25, 0.3) is 5.69 Å². The van der Waals surface area contributed by atoms with Crippen LogP contribution in [-0.4, -0.2) is 20.3 Å². The Bertz CT molecular complexity index is 473. The van der Waals surface area contributed by atoms with Crippen molar-refractivity contribution in [1.29, 1.82) is 0 Å². The summed E-state index contributed by atoms with van der Waals surface area (Å²) in [5.41, 5.74) is 3.22. The number of aryl methyl sites for hydroxylation is 2. The molecule has 5 heteroatoms. The van der Waals surface area contributed by atoms with Gasteiger partial charge >= 0.3 is 0 Å².